The van der Waals surface area contributed by atoms with Crippen LogP contribution in [0.3, 0.4) is 0 Å². The van der Waals surface area contributed by atoms with E-state index in [2.05, 4.69) is 27.7 Å². The van der Waals surface area contributed by atoms with Crippen LogP contribution in [-0.2, 0) is 52.2 Å². The molecule has 0 bridgehead atoms. The van der Waals surface area contributed by atoms with E-state index in [0.717, 1.165) is 32.1 Å². The van der Waals surface area contributed by atoms with E-state index in [1.165, 1.54) is 6.92 Å². The molecule has 1 spiro atoms. The molecule has 4 aliphatic carbocycles. The minimum atomic E-state index is -3.57. The molecular formula is C55H88O26. The monoisotopic (exact) mass is 1160 g/mol. The van der Waals surface area contributed by atoms with E-state index in [1.54, 1.807) is 0 Å². The number of ketones is 1. The molecule has 11 aliphatic rings. The summed E-state index contributed by atoms with van der Waals surface area (Å²) in [6, 6.07) is 0. The maximum Gasteiger partial charge on any atom is 0.193 e. The van der Waals surface area contributed by atoms with Gasteiger partial charge in [0.2, 0.25) is 0 Å². The number of Topliss-reactive ketones (excluding diaryl/α,β-unsaturated/α-hetero) is 1. The Morgan fingerprint density at radius 1 is 0.605 bits per heavy atom. The van der Waals surface area contributed by atoms with E-state index in [9.17, 15) is 81.4 Å². The number of carbonyl (C=O) groups excluding carboxylic acids is 1. The number of fused-ring (bicyclic) bond motifs is 7. The number of carbonyl (C=O) groups is 1. The Labute approximate surface area is 469 Å². The molecule has 7 heterocycles. The van der Waals surface area contributed by atoms with Crippen LogP contribution < -0.4 is 0 Å². The largest absolute Gasteiger partial charge is 0.394 e. The quantitative estimate of drug-likeness (QED) is 0.0913. The number of hydrogen-bond acceptors (Lipinski definition) is 26. The van der Waals surface area contributed by atoms with E-state index < -0.39 is 184 Å². The van der Waals surface area contributed by atoms with Crippen molar-refractivity contribution in [2.24, 2.45) is 52.3 Å². The first-order valence-corrected chi connectivity index (χ1v) is 29.4. The molecule has 0 radical (unpaired) electrons. The van der Waals surface area contributed by atoms with Crippen LogP contribution in [0.2, 0.25) is 0 Å². The second-order valence-corrected chi connectivity index (χ2v) is 26.6. The van der Waals surface area contributed by atoms with Gasteiger partial charge >= 0.3 is 0 Å². The molecule has 35 atom stereocenters. The van der Waals surface area contributed by atoms with Gasteiger partial charge in [-0.15, -0.1) is 0 Å². The summed E-state index contributed by atoms with van der Waals surface area (Å²) in [5, 5.41) is 170. The van der Waals surface area contributed by atoms with Crippen LogP contribution in [0.5, 0.6) is 0 Å². The minimum absolute atomic E-state index is 0.0539. The third kappa shape index (κ3) is 9.41. The highest BCUT2D eigenvalue weighted by atomic mass is 16.8. The van der Waals surface area contributed by atoms with Crippen LogP contribution in [0, 0.1) is 52.3 Å². The van der Waals surface area contributed by atoms with E-state index >= 15 is 0 Å². The molecule has 15 N–H and O–H groups in total. The second kappa shape index (κ2) is 22.4. The van der Waals surface area contributed by atoms with Gasteiger partial charge in [0.15, 0.2) is 35.9 Å². The van der Waals surface area contributed by atoms with Crippen molar-refractivity contribution in [2.75, 3.05) is 33.0 Å². The van der Waals surface area contributed by atoms with Crippen LogP contribution in [0.15, 0.2) is 0 Å². The Bertz CT molecular complexity index is 2230. The average molecular weight is 1170 g/mol. The van der Waals surface area contributed by atoms with Crippen molar-refractivity contribution in [3.05, 3.63) is 0 Å². The highest BCUT2D eigenvalue weighted by Gasteiger charge is 2.77. The van der Waals surface area contributed by atoms with Crippen molar-refractivity contribution >= 4 is 5.78 Å². The first-order chi connectivity index (χ1) is 38.2. The molecule has 26 nitrogen and oxygen atoms in total. The minimum Gasteiger partial charge on any atom is -0.394 e. The van der Waals surface area contributed by atoms with Gasteiger partial charge in [-0.3, -0.25) is 4.79 Å². The third-order valence-electron chi connectivity index (χ3n) is 22.4. The number of aliphatic hydroxyl groups is 15. The maximum absolute atomic E-state index is 14.9. The normalized spacial score (nSPS) is 59.4. The molecule has 0 aromatic heterocycles. The first-order valence-electron chi connectivity index (χ1n) is 29.4. The molecular weight excluding hydrogens is 1080 g/mol. The topological polar surface area (TPSA) is 413 Å². The van der Waals surface area contributed by atoms with Gasteiger partial charge in [-0.05, 0) is 86.9 Å². The lowest BCUT2D eigenvalue weighted by molar-refractivity contribution is -0.446. The standard InChI is InChI=1S/C55H88O26/c1-20-8-11-53(74-17-20)21(2)34-30(81-53)13-27-25-7-6-23-12-24(9-10-51(23,4)26(25)14-33(60)52(27,34)5)76-49-44(79-48-41(67)38(64)35(61)22(3)75-48)42(68)43(31(15-56)77-49)80-50-55(71,47-40(66)37(63)29(59)19-73-47)54(70,45(69)32(16-57)78-50)46-39(65)36(62)28(58)18-72-46/h20-32,34-50,56-59,61-71H,6-19H2,1-5H3/t20-,21+,22+,23+,24+,25-,26+,27+,28-,29-,30+,31-,32-,34+,35+,36+,37+,38-,39-,40-,41-,42+,43+,44-,45-,46-,47-,48+,49-,50+,51+,52-,53-,54-,55+/m1/s1. The van der Waals surface area contributed by atoms with Crippen molar-refractivity contribution in [3.8, 4) is 0 Å². The highest BCUT2D eigenvalue weighted by molar-refractivity contribution is 5.87. The predicted octanol–water partition coefficient (Wildman–Crippen LogP) is -4.82. The lowest BCUT2D eigenvalue weighted by Crippen LogP contribution is -2.87. The Hall–Kier alpha value is -1.33. The van der Waals surface area contributed by atoms with Crippen molar-refractivity contribution in [2.45, 2.75) is 250 Å². The summed E-state index contributed by atoms with van der Waals surface area (Å²) >= 11 is 0. The molecule has 26 heteroatoms. The molecule has 0 aromatic rings. The zero-order valence-electron chi connectivity index (χ0n) is 46.4. The van der Waals surface area contributed by atoms with Crippen molar-refractivity contribution in [1.82, 2.24) is 0 Å². The smallest absolute Gasteiger partial charge is 0.193 e. The molecule has 7 aliphatic heterocycles. The highest BCUT2D eigenvalue weighted by Crippen LogP contribution is 2.70. The summed E-state index contributed by atoms with van der Waals surface area (Å²) in [4.78, 5) is 14.9. The van der Waals surface area contributed by atoms with E-state index in [4.69, 9.17) is 47.4 Å². The molecule has 7 saturated heterocycles. The first kappa shape index (κ1) is 61.3. The molecule has 11 fully saturated rings. The van der Waals surface area contributed by atoms with Crippen molar-refractivity contribution < 1.29 is 129 Å². The molecule has 81 heavy (non-hydrogen) atoms. The van der Waals surface area contributed by atoms with Gasteiger partial charge in [-0.2, -0.15) is 0 Å². The number of hydrogen-bond donors (Lipinski definition) is 15. The van der Waals surface area contributed by atoms with Crippen molar-refractivity contribution in [3.63, 3.8) is 0 Å². The van der Waals surface area contributed by atoms with Crippen LogP contribution in [0.25, 0.3) is 0 Å². The van der Waals surface area contributed by atoms with E-state index in [1.807, 2.05) is 0 Å². The van der Waals surface area contributed by atoms with Gasteiger partial charge in [-0.1, -0.05) is 27.7 Å². The van der Waals surface area contributed by atoms with Gasteiger partial charge in [0.1, 0.15) is 110 Å². The summed E-state index contributed by atoms with van der Waals surface area (Å²) in [5.74, 6) is 0.765. The van der Waals surface area contributed by atoms with Crippen LogP contribution >= 0.6 is 0 Å². The summed E-state index contributed by atoms with van der Waals surface area (Å²) in [7, 11) is 0. The molecule has 0 unspecified atom stereocenters. The Kier molecular flexibility index (Phi) is 16.9. The van der Waals surface area contributed by atoms with Gasteiger partial charge in [0, 0.05) is 30.1 Å². The van der Waals surface area contributed by atoms with Gasteiger partial charge in [0.05, 0.1) is 51.3 Å². The van der Waals surface area contributed by atoms with Gasteiger partial charge < -0.3 is 124 Å². The van der Waals surface area contributed by atoms with Crippen molar-refractivity contribution in [1.29, 1.82) is 0 Å². The lowest BCUT2D eigenvalue weighted by atomic mass is 9.44. The zero-order chi connectivity index (χ0) is 58.4. The molecule has 464 valence electrons. The summed E-state index contributed by atoms with van der Waals surface area (Å²) in [6.45, 7) is 7.03. The summed E-state index contributed by atoms with van der Waals surface area (Å²) < 4.78 is 62.1. The van der Waals surface area contributed by atoms with Crippen LogP contribution in [0.1, 0.15) is 92.4 Å². The van der Waals surface area contributed by atoms with E-state index in [0.29, 0.717) is 38.2 Å². The fourth-order valence-corrected chi connectivity index (χ4v) is 17.6. The molecule has 0 aromatic carbocycles. The Morgan fingerprint density at radius 2 is 1.26 bits per heavy atom. The number of ether oxygens (including phenoxy) is 10. The molecule has 4 saturated carbocycles. The Balaban J connectivity index is 0.867. The second-order valence-electron chi connectivity index (χ2n) is 26.6. The summed E-state index contributed by atoms with van der Waals surface area (Å²) in [5.41, 5.74) is -7.91. The fourth-order valence-electron chi connectivity index (χ4n) is 17.6. The third-order valence-corrected chi connectivity index (χ3v) is 22.4. The van der Waals surface area contributed by atoms with Crippen LogP contribution in [0.4, 0.5) is 0 Å². The Morgan fingerprint density at radius 3 is 1.89 bits per heavy atom. The molecule has 0 amide bonds. The number of rotatable bonds is 10. The number of aliphatic hydroxyl groups excluding tert-OH is 13. The predicted molar refractivity (Wildman–Crippen MR) is 268 cm³/mol. The summed E-state index contributed by atoms with van der Waals surface area (Å²) in [6.07, 6.45) is -36.4. The fraction of sp³-hybridized carbons (Fsp3) is 0.982. The van der Waals surface area contributed by atoms with Gasteiger partial charge in [-0.25, -0.2) is 0 Å². The lowest BCUT2D eigenvalue weighted by Gasteiger charge is -2.62. The maximum atomic E-state index is 14.9. The zero-order valence-corrected chi connectivity index (χ0v) is 46.4. The SMILES string of the molecule is C[C@@H]1CC[C@@]2(OC1)O[C@H]1C[C@H]3[C@@H]4CC[C@H]5C[C@@H](O[C@@H]6O[C@H](CO)[C@H](O[C@@H]7O[C@H](CO)[C@@H](O)[C@@](O)([C@@H]8OC[C@@H](O)[C@H](O)[C@H]8O)[C@]7(O)[C@@H]7OC[C@@H](O)[C@H](O)[C@H]7O)[C@H](O)[C@H]6O[C@@H]6O[C@@H](C)[C@H](O)[C@@H](O)[C@H]6O)CC[C@]5(C)[C@H]4CC(=O)[C@]3(C)[C@H]1[C@@H]2C. The van der Waals surface area contributed by atoms with Gasteiger partial charge in [0.25, 0.3) is 0 Å². The molecule has 11 rings (SSSR count). The van der Waals surface area contributed by atoms with Crippen LogP contribution in [-0.4, -0.2) is 273 Å². The average Bonchev–Trinajstić information content (AvgIpc) is 4.17. The van der Waals surface area contributed by atoms with E-state index in [-0.39, 0.29) is 52.8 Å².